The van der Waals surface area contributed by atoms with Crippen molar-refractivity contribution in [1.29, 1.82) is 0 Å². The third kappa shape index (κ3) is 8.04. The van der Waals surface area contributed by atoms with E-state index in [-0.39, 0.29) is 5.97 Å². The molecule has 16 heavy (non-hydrogen) atoms. The highest BCUT2D eigenvalue weighted by Crippen LogP contribution is 2.08. The van der Waals surface area contributed by atoms with Gasteiger partial charge in [0.15, 0.2) is 0 Å². The lowest BCUT2D eigenvalue weighted by Crippen LogP contribution is -2.04. The fraction of sp³-hybridized carbons (Fsp3) is 0.500. The van der Waals surface area contributed by atoms with Gasteiger partial charge in [-0.2, -0.15) is 0 Å². The van der Waals surface area contributed by atoms with Crippen LogP contribution in [0, 0.1) is 0 Å². The van der Waals surface area contributed by atoms with Gasteiger partial charge in [0.2, 0.25) is 0 Å². The highest BCUT2D eigenvalue weighted by Gasteiger charge is 1.99. The monoisotopic (exact) mass is 222 g/mol. The van der Waals surface area contributed by atoms with Crippen LogP contribution in [-0.4, -0.2) is 12.6 Å². The molecule has 90 valence electrons. The number of esters is 1. The molecule has 0 aliphatic heterocycles. The summed E-state index contributed by atoms with van der Waals surface area (Å²) in [6, 6.07) is 0. The van der Waals surface area contributed by atoms with E-state index in [1.165, 1.54) is 5.57 Å². The summed E-state index contributed by atoms with van der Waals surface area (Å²) >= 11 is 0. The zero-order chi connectivity index (χ0) is 12.2. The van der Waals surface area contributed by atoms with Crippen LogP contribution in [0.3, 0.4) is 0 Å². The number of rotatable bonds is 9. The summed E-state index contributed by atoms with van der Waals surface area (Å²) in [5.41, 5.74) is 1.18. The third-order valence-electron chi connectivity index (χ3n) is 2.17. The summed E-state index contributed by atoms with van der Waals surface area (Å²) in [7, 11) is 0. The minimum Gasteiger partial charge on any atom is -0.466 e. The van der Waals surface area contributed by atoms with Crippen molar-refractivity contribution in [3.63, 3.8) is 0 Å². The molecule has 0 bridgehead atoms. The molecule has 0 aromatic heterocycles. The van der Waals surface area contributed by atoms with E-state index in [9.17, 15) is 4.79 Å². The molecular weight excluding hydrogens is 200 g/mol. The molecule has 0 unspecified atom stereocenters. The molecule has 0 rings (SSSR count). The van der Waals surface area contributed by atoms with Crippen molar-refractivity contribution in [3.8, 4) is 0 Å². The van der Waals surface area contributed by atoms with Crippen LogP contribution in [0.25, 0.3) is 0 Å². The Labute approximate surface area is 98.7 Å². The average molecular weight is 222 g/mol. The van der Waals surface area contributed by atoms with Gasteiger partial charge in [-0.1, -0.05) is 38.3 Å². The smallest absolute Gasteiger partial charge is 0.305 e. The van der Waals surface area contributed by atoms with Crippen LogP contribution >= 0.6 is 0 Å². The van der Waals surface area contributed by atoms with Gasteiger partial charge in [0.25, 0.3) is 0 Å². The molecule has 0 N–H and O–H groups in total. The van der Waals surface area contributed by atoms with Crippen LogP contribution in [0.4, 0.5) is 0 Å². The van der Waals surface area contributed by atoms with Gasteiger partial charge in [-0.05, 0) is 31.3 Å². The largest absolute Gasteiger partial charge is 0.466 e. The molecule has 0 spiro atoms. The van der Waals surface area contributed by atoms with Crippen LogP contribution in [-0.2, 0) is 9.53 Å². The summed E-state index contributed by atoms with van der Waals surface area (Å²) < 4.78 is 5.05. The lowest BCUT2D eigenvalue weighted by atomic mass is 10.1. The number of ether oxygens (including phenoxy) is 1. The van der Waals surface area contributed by atoms with Crippen LogP contribution in [0.5, 0.6) is 0 Å². The van der Waals surface area contributed by atoms with Gasteiger partial charge in [-0.3, -0.25) is 4.79 Å². The van der Waals surface area contributed by atoms with E-state index < -0.39 is 0 Å². The van der Waals surface area contributed by atoms with Gasteiger partial charge in [0.1, 0.15) is 0 Å². The molecule has 2 heteroatoms. The van der Waals surface area contributed by atoms with E-state index in [2.05, 4.69) is 13.2 Å². The predicted octanol–water partition coefficient (Wildman–Crippen LogP) is 3.80. The maximum atomic E-state index is 11.0. The Morgan fingerprint density at radius 2 is 2.00 bits per heavy atom. The molecule has 0 aromatic carbocycles. The van der Waals surface area contributed by atoms with Crippen LogP contribution in [0.15, 0.2) is 37.0 Å². The molecule has 0 fully saturated rings. The lowest BCUT2D eigenvalue weighted by molar-refractivity contribution is -0.143. The van der Waals surface area contributed by atoms with E-state index in [1.54, 1.807) is 6.08 Å². The summed E-state index contributed by atoms with van der Waals surface area (Å²) in [6.07, 6.45) is 9.79. The second kappa shape index (κ2) is 10.2. The lowest BCUT2D eigenvalue weighted by Gasteiger charge is -2.04. The molecule has 0 heterocycles. The minimum atomic E-state index is -0.0897. The Morgan fingerprint density at radius 3 is 2.56 bits per heavy atom. The topological polar surface area (TPSA) is 26.3 Å². The predicted molar refractivity (Wildman–Crippen MR) is 68.2 cm³/mol. The molecule has 0 atom stereocenters. The molecule has 0 saturated heterocycles. The third-order valence-corrected chi connectivity index (χ3v) is 2.17. The molecule has 0 aromatic rings. The van der Waals surface area contributed by atoms with Crippen LogP contribution < -0.4 is 0 Å². The van der Waals surface area contributed by atoms with E-state index in [0.29, 0.717) is 13.0 Å². The van der Waals surface area contributed by atoms with Crippen molar-refractivity contribution in [2.75, 3.05) is 6.61 Å². The van der Waals surface area contributed by atoms with Crippen molar-refractivity contribution in [3.05, 3.63) is 37.0 Å². The fourth-order valence-corrected chi connectivity index (χ4v) is 1.30. The highest BCUT2D eigenvalue weighted by molar-refractivity contribution is 5.69. The SMILES string of the molecule is C=C/C=C(\C=C)CCCCOC(=O)CCC. The fourth-order valence-electron chi connectivity index (χ4n) is 1.30. The number of carbonyl (C=O) groups excluding carboxylic acids is 1. The Bertz CT molecular complexity index is 251. The number of allylic oxidation sites excluding steroid dienone is 4. The zero-order valence-corrected chi connectivity index (χ0v) is 10.2. The first-order valence-corrected chi connectivity index (χ1v) is 5.84. The van der Waals surface area contributed by atoms with Gasteiger partial charge in [-0.25, -0.2) is 0 Å². The summed E-state index contributed by atoms with van der Waals surface area (Å²) in [5.74, 6) is -0.0897. The normalized spacial score (nSPS) is 10.9. The second-order valence-corrected chi connectivity index (χ2v) is 3.61. The van der Waals surface area contributed by atoms with Crippen molar-refractivity contribution >= 4 is 5.97 Å². The number of unbranched alkanes of at least 4 members (excludes halogenated alkanes) is 1. The van der Waals surface area contributed by atoms with Gasteiger partial charge in [0, 0.05) is 6.42 Å². The Hall–Kier alpha value is -1.31. The van der Waals surface area contributed by atoms with Gasteiger partial charge in [0.05, 0.1) is 6.61 Å². The molecule has 0 aliphatic carbocycles. The first-order valence-electron chi connectivity index (χ1n) is 5.84. The van der Waals surface area contributed by atoms with Gasteiger partial charge >= 0.3 is 5.97 Å². The first kappa shape index (κ1) is 14.7. The molecule has 0 saturated carbocycles. The van der Waals surface area contributed by atoms with Crippen molar-refractivity contribution in [2.24, 2.45) is 0 Å². The van der Waals surface area contributed by atoms with E-state index in [0.717, 1.165) is 25.7 Å². The first-order chi connectivity index (χ1) is 7.74. The molecule has 0 radical (unpaired) electrons. The van der Waals surface area contributed by atoms with E-state index in [4.69, 9.17) is 4.74 Å². The van der Waals surface area contributed by atoms with E-state index >= 15 is 0 Å². The molecular formula is C14H22O2. The van der Waals surface area contributed by atoms with Crippen LogP contribution in [0.1, 0.15) is 39.0 Å². The molecule has 0 amide bonds. The Morgan fingerprint density at radius 1 is 1.25 bits per heavy atom. The van der Waals surface area contributed by atoms with Crippen LogP contribution in [0.2, 0.25) is 0 Å². The number of hydrogen-bond acceptors (Lipinski definition) is 2. The van der Waals surface area contributed by atoms with Gasteiger partial charge in [-0.15, -0.1) is 0 Å². The quantitative estimate of drug-likeness (QED) is 0.337. The maximum Gasteiger partial charge on any atom is 0.305 e. The second-order valence-electron chi connectivity index (χ2n) is 3.61. The van der Waals surface area contributed by atoms with Crippen molar-refractivity contribution in [1.82, 2.24) is 0 Å². The highest BCUT2D eigenvalue weighted by atomic mass is 16.5. The minimum absolute atomic E-state index is 0.0897. The summed E-state index contributed by atoms with van der Waals surface area (Å²) in [5, 5.41) is 0. The standard InChI is InChI=1S/C14H22O2/c1-4-9-13(6-3)11-7-8-12-16-14(15)10-5-2/h4,6,9H,1,3,5,7-8,10-12H2,2H3/b13-9+. The number of carbonyl (C=O) groups is 1. The number of hydrogen-bond donors (Lipinski definition) is 0. The van der Waals surface area contributed by atoms with Crippen molar-refractivity contribution in [2.45, 2.75) is 39.0 Å². The zero-order valence-electron chi connectivity index (χ0n) is 10.2. The summed E-state index contributed by atoms with van der Waals surface area (Å²) in [4.78, 5) is 11.0. The Balaban J connectivity index is 3.52. The van der Waals surface area contributed by atoms with Crippen molar-refractivity contribution < 1.29 is 9.53 Å². The summed E-state index contributed by atoms with van der Waals surface area (Å²) in [6.45, 7) is 9.87. The van der Waals surface area contributed by atoms with E-state index in [1.807, 2.05) is 19.1 Å². The molecule has 2 nitrogen and oxygen atoms in total. The maximum absolute atomic E-state index is 11.0. The molecule has 0 aliphatic rings. The average Bonchev–Trinajstić information content (AvgIpc) is 2.27. The Kier molecular flexibility index (Phi) is 9.38. The van der Waals surface area contributed by atoms with Gasteiger partial charge < -0.3 is 4.74 Å².